The van der Waals surface area contributed by atoms with Crippen LogP contribution in [0.5, 0.6) is 0 Å². The molecule has 1 heterocycles. The number of hydrogen-bond donors (Lipinski definition) is 1. The highest BCUT2D eigenvalue weighted by molar-refractivity contribution is 7.99. The summed E-state index contributed by atoms with van der Waals surface area (Å²) in [6.45, 7) is 2.28. The average molecular weight is 283 g/mol. The van der Waals surface area contributed by atoms with E-state index in [4.69, 9.17) is 0 Å². The first kappa shape index (κ1) is 13.9. The van der Waals surface area contributed by atoms with Gasteiger partial charge in [-0.15, -0.1) is 23.1 Å². The first-order valence-electron chi connectivity index (χ1n) is 6.63. The van der Waals surface area contributed by atoms with Gasteiger partial charge in [0.1, 0.15) is 0 Å². The van der Waals surface area contributed by atoms with Crippen LogP contribution in [-0.2, 0) is 10.5 Å². The minimum absolute atomic E-state index is 0.204. The standard InChI is InChI=1S/C14H21NOS2/c1-11-4-2-5-12(8-11)15-14(16)10-17-9-13-6-3-7-18-13/h3,6-7,11-12H,2,4-5,8-10H2,1H3,(H,15,16)/t11-,12+/m0/s1. The third-order valence-corrected chi connectivity index (χ3v) is 5.40. The number of carbonyl (C=O) groups is 1. The number of thioether (sulfide) groups is 1. The fraction of sp³-hybridized carbons (Fsp3) is 0.643. The lowest BCUT2D eigenvalue weighted by molar-refractivity contribution is -0.119. The van der Waals surface area contributed by atoms with Crippen LogP contribution in [0.1, 0.15) is 37.5 Å². The molecule has 1 saturated carbocycles. The quantitative estimate of drug-likeness (QED) is 0.893. The Kier molecular flexibility index (Phi) is 5.57. The second kappa shape index (κ2) is 7.19. The second-order valence-corrected chi connectivity index (χ2v) is 7.13. The first-order valence-corrected chi connectivity index (χ1v) is 8.67. The van der Waals surface area contributed by atoms with E-state index in [1.807, 2.05) is 0 Å². The molecule has 0 unspecified atom stereocenters. The molecule has 1 aromatic heterocycles. The van der Waals surface area contributed by atoms with Gasteiger partial charge in [0.2, 0.25) is 5.91 Å². The molecule has 4 heteroatoms. The lowest BCUT2D eigenvalue weighted by atomic mass is 9.87. The van der Waals surface area contributed by atoms with E-state index in [0.29, 0.717) is 11.8 Å². The molecule has 0 radical (unpaired) electrons. The summed E-state index contributed by atoms with van der Waals surface area (Å²) < 4.78 is 0. The van der Waals surface area contributed by atoms with Gasteiger partial charge in [-0.25, -0.2) is 0 Å². The van der Waals surface area contributed by atoms with Gasteiger partial charge >= 0.3 is 0 Å². The monoisotopic (exact) mass is 283 g/mol. The lowest BCUT2D eigenvalue weighted by Gasteiger charge is -2.27. The normalized spacial score (nSPS) is 23.8. The minimum Gasteiger partial charge on any atom is -0.353 e. The number of hydrogen-bond acceptors (Lipinski definition) is 3. The molecule has 0 bridgehead atoms. The molecule has 1 aromatic rings. The summed E-state index contributed by atoms with van der Waals surface area (Å²) >= 11 is 3.46. The molecule has 1 N–H and O–H groups in total. The Bertz CT molecular complexity index is 364. The predicted octanol–water partition coefficient (Wildman–Crippen LogP) is 3.68. The topological polar surface area (TPSA) is 29.1 Å². The summed E-state index contributed by atoms with van der Waals surface area (Å²) in [5.74, 6) is 2.51. The van der Waals surface area contributed by atoms with Crippen molar-refractivity contribution in [2.24, 2.45) is 5.92 Å². The van der Waals surface area contributed by atoms with Crippen molar-refractivity contribution in [1.82, 2.24) is 5.32 Å². The van der Waals surface area contributed by atoms with Gasteiger partial charge < -0.3 is 5.32 Å². The summed E-state index contributed by atoms with van der Waals surface area (Å²) in [5, 5.41) is 5.26. The maximum atomic E-state index is 11.8. The van der Waals surface area contributed by atoms with Crippen LogP contribution in [0.3, 0.4) is 0 Å². The van der Waals surface area contributed by atoms with E-state index < -0.39 is 0 Å². The van der Waals surface area contributed by atoms with Gasteiger partial charge in [0, 0.05) is 16.7 Å². The van der Waals surface area contributed by atoms with Crippen molar-refractivity contribution in [2.45, 2.75) is 44.4 Å². The van der Waals surface area contributed by atoms with Gasteiger partial charge in [0.15, 0.2) is 0 Å². The maximum absolute atomic E-state index is 11.8. The van der Waals surface area contributed by atoms with E-state index >= 15 is 0 Å². The molecular weight excluding hydrogens is 262 g/mol. The number of rotatable bonds is 5. The van der Waals surface area contributed by atoms with Gasteiger partial charge in [-0.3, -0.25) is 4.79 Å². The van der Waals surface area contributed by atoms with Crippen LogP contribution in [0.2, 0.25) is 0 Å². The van der Waals surface area contributed by atoms with Crippen LogP contribution in [-0.4, -0.2) is 17.7 Å². The van der Waals surface area contributed by atoms with Crippen molar-refractivity contribution in [3.05, 3.63) is 22.4 Å². The summed E-state index contributed by atoms with van der Waals surface area (Å²) in [5.41, 5.74) is 0. The summed E-state index contributed by atoms with van der Waals surface area (Å²) in [4.78, 5) is 13.2. The number of thiophene rings is 1. The minimum atomic E-state index is 0.204. The van der Waals surface area contributed by atoms with Crippen molar-refractivity contribution in [3.63, 3.8) is 0 Å². The number of nitrogens with one attached hydrogen (secondary N) is 1. The average Bonchev–Trinajstić information content (AvgIpc) is 2.82. The first-order chi connectivity index (χ1) is 8.74. The molecule has 18 heavy (non-hydrogen) atoms. The Morgan fingerprint density at radius 2 is 2.44 bits per heavy atom. The molecule has 1 aliphatic rings. The van der Waals surface area contributed by atoms with Gasteiger partial charge in [0.05, 0.1) is 5.75 Å². The molecule has 2 atom stereocenters. The summed E-state index contributed by atoms with van der Waals surface area (Å²) in [7, 11) is 0. The molecule has 0 saturated heterocycles. The van der Waals surface area contributed by atoms with Crippen molar-refractivity contribution in [3.8, 4) is 0 Å². The number of amides is 1. The molecule has 100 valence electrons. The van der Waals surface area contributed by atoms with Gasteiger partial charge in [0.25, 0.3) is 0 Å². The fourth-order valence-corrected chi connectivity index (χ4v) is 4.15. The third-order valence-electron chi connectivity index (χ3n) is 3.36. The van der Waals surface area contributed by atoms with Crippen molar-refractivity contribution < 1.29 is 4.79 Å². The molecule has 0 aromatic carbocycles. The zero-order valence-corrected chi connectivity index (χ0v) is 12.5. The van der Waals surface area contributed by atoms with Crippen LogP contribution in [0.15, 0.2) is 17.5 Å². The molecule has 2 nitrogen and oxygen atoms in total. The Balaban J connectivity index is 1.62. The van der Waals surface area contributed by atoms with E-state index in [1.54, 1.807) is 23.1 Å². The van der Waals surface area contributed by atoms with E-state index in [2.05, 4.69) is 29.8 Å². The smallest absolute Gasteiger partial charge is 0.230 e. The van der Waals surface area contributed by atoms with Gasteiger partial charge in [-0.1, -0.05) is 25.8 Å². The third kappa shape index (κ3) is 4.65. The molecule has 1 fully saturated rings. The maximum Gasteiger partial charge on any atom is 0.230 e. The van der Waals surface area contributed by atoms with E-state index in [1.165, 1.54) is 17.7 Å². The molecule has 1 amide bonds. The highest BCUT2D eigenvalue weighted by atomic mass is 32.2. The Labute approximate surface area is 118 Å². The summed E-state index contributed by atoms with van der Waals surface area (Å²) in [6, 6.07) is 4.60. The van der Waals surface area contributed by atoms with Crippen LogP contribution in [0, 0.1) is 5.92 Å². The predicted molar refractivity (Wildman–Crippen MR) is 80.0 cm³/mol. The lowest BCUT2D eigenvalue weighted by Crippen LogP contribution is -2.38. The zero-order chi connectivity index (χ0) is 12.8. The van der Waals surface area contributed by atoms with E-state index in [9.17, 15) is 4.79 Å². The Hall–Kier alpha value is -0.480. The van der Waals surface area contributed by atoms with Crippen LogP contribution in [0.4, 0.5) is 0 Å². The Morgan fingerprint density at radius 3 is 3.17 bits per heavy atom. The molecule has 2 rings (SSSR count). The van der Waals surface area contributed by atoms with Crippen LogP contribution >= 0.6 is 23.1 Å². The van der Waals surface area contributed by atoms with Crippen molar-refractivity contribution in [1.29, 1.82) is 0 Å². The molecule has 0 spiro atoms. The zero-order valence-electron chi connectivity index (χ0n) is 10.9. The SMILES string of the molecule is C[C@H]1CCC[C@@H](NC(=O)CSCc2cccs2)C1. The van der Waals surface area contributed by atoms with Gasteiger partial charge in [-0.05, 0) is 30.2 Å². The highest BCUT2D eigenvalue weighted by Crippen LogP contribution is 2.23. The van der Waals surface area contributed by atoms with Crippen LogP contribution < -0.4 is 5.32 Å². The number of carbonyl (C=O) groups excluding carboxylic acids is 1. The Morgan fingerprint density at radius 1 is 1.56 bits per heavy atom. The largest absolute Gasteiger partial charge is 0.353 e. The highest BCUT2D eigenvalue weighted by Gasteiger charge is 2.20. The second-order valence-electron chi connectivity index (χ2n) is 5.11. The van der Waals surface area contributed by atoms with E-state index in [-0.39, 0.29) is 5.91 Å². The van der Waals surface area contributed by atoms with Crippen molar-refractivity contribution >= 4 is 29.0 Å². The summed E-state index contributed by atoms with van der Waals surface area (Å²) in [6.07, 6.45) is 4.89. The van der Waals surface area contributed by atoms with Gasteiger partial charge in [-0.2, -0.15) is 0 Å². The fourth-order valence-electron chi connectivity index (χ4n) is 2.47. The molecule has 0 aliphatic heterocycles. The van der Waals surface area contributed by atoms with Crippen LogP contribution in [0.25, 0.3) is 0 Å². The van der Waals surface area contributed by atoms with Crippen molar-refractivity contribution in [2.75, 3.05) is 5.75 Å². The van der Waals surface area contributed by atoms with E-state index in [0.717, 1.165) is 24.5 Å². The molecule has 1 aliphatic carbocycles. The molecular formula is C14H21NOS2.